The van der Waals surface area contributed by atoms with E-state index in [-0.39, 0.29) is 30.2 Å². The quantitative estimate of drug-likeness (QED) is 0.0366. The Bertz CT molecular complexity index is 4120. The minimum Gasteiger partial charge on any atom is -0.497 e. The van der Waals surface area contributed by atoms with Crippen LogP contribution in [0.25, 0.3) is 44.0 Å². The number of carbonyl (C=O) groups excluding carboxylic acids is 3. The molecule has 20 nitrogen and oxygen atoms in total. The van der Waals surface area contributed by atoms with Crippen molar-refractivity contribution in [3.05, 3.63) is 193 Å². The van der Waals surface area contributed by atoms with Crippen LogP contribution in [0.5, 0.6) is 5.75 Å². The molecule has 81 heavy (non-hydrogen) atoms. The van der Waals surface area contributed by atoms with E-state index in [4.69, 9.17) is 4.74 Å². The molecule has 12 aromatic rings. The van der Waals surface area contributed by atoms with Crippen LogP contribution in [0.3, 0.4) is 0 Å². The number of fused-ring (bicyclic) bond motifs is 4. The van der Waals surface area contributed by atoms with Gasteiger partial charge in [-0.3, -0.25) is 29.7 Å². The van der Waals surface area contributed by atoms with Crippen molar-refractivity contribution in [1.82, 2.24) is 65.1 Å². The summed E-state index contributed by atoms with van der Waals surface area (Å²) in [5, 5.41) is 35.9. The molecule has 23 heteroatoms. The van der Waals surface area contributed by atoms with Crippen LogP contribution < -0.4 is 20.7 Å². The normalized spacial score (nSPS) is 11.0. The number of rotatable bonds is 17. The molecular weight excluding hydrogens is 1080 g/mol. The van der Waals surface area contributed by atoms with Crippen molar-refractivity contribution in [2.45, 2.75) is 52.7 Å². The number of amides is 3. The average Bonchev–Trinajstić information content (AvgIpc) is 4.41. The number of ether oxygens (including phenoxy) is 1. The van der Waals surface area contributed by atoms with Gasteiger partial charge in [-0.25, -0.2) is 29.9 Å². The summed E-state index contributed by atoms with van der Waals surface area (Å²) >= 11 is 4.83. The molecule has 0 radical (unpaired) electrons. The largest absolute Gasteiger partial charge is 0.497 e. The number of methoxy groups -OCH3 is 1. The number of thioether (sulfide) groups is 3. The second-order valence-electron chi connectivity index (χ2n) is 18.3. The van der Waals surface area contributed by atoms with E-state index in [0.29, 0.717) is 17.1 Å². The molecule has 0 unspecified atom stereocenters. The summed E-state index contributed by atoms with van der Waals surface area (Å²) in [6.45, 7) is 4.02. The van der Waals surface area contributed by atoms with Crippen molar-refractivity contribution in [3.63, 3.8) is 0 Å². The van der Waals surface area contributed by atoms with E-state index in [9.17, 15) is 14.4 Å². The van der Waals surface area contributed by atoms with Crippen molar-refractivity contribution in [3.8, 4) is 5.75 Å². The number of aromatic amines is 3. The summed E-state index contributed by atoms with van der Waals surface area (Å²) in [4.78, 5) is 62.3. The smallest absolute Gasteiger partial charge is 0.255 e. The van der Waals surface area contributed by atoms with Gasteiger partial charge in [0.1, 0.15) is 46.4 Å². The van der Waals surface area contributed by atoms with E-state index in [2.05, 4.69) is 76.4 Å². The van der Waals surface area contributed by atoms with Crippen LogP contribution in [0.2, 0.25) is 0 Å². The van der Waals surface area contributed by atoms with E-state index in [1.54, 1.807) is 85.3 Å². The van der Waals surface area contributed by atoms with Crippen LogP contribution in [0.15, 0.2) is 186 Å². The van der Waals surface area contributed by atoms with Gasteiger partial charge in [0.05, 0.1) is 41.9 Å². The first-order chi connectivity index (χ1) is 39.6. The molecule has 5 aromatic carbocycles. The summed E-state index contributed by atoms with van der Waals surface area (Å²) in [6, 6.07) is 40.6. The predicted molar refractivity (Wildman–Crippen MR) is 318 cm³/mol. The maximum atomic E-state index is 12.6. The highest BCUT2D eigenvalue weighted by Crippen LogP contribution is 2.30. The topological polar surface area (TPSA) is 265 Å². The molecule has 0 aliphatic heterocycles. The number of carbonyl (C=O) groups is 3. The number of para-hydroxylation sites is 1. The highest BCUT2D eigenvalue weighted by molar-refractivity contribution is 7.99. The molecule has 0 fully saturated rings. The number of nitrogens with one attached hydrogen (secondary N) is 6. The van der Waals surface area contributed by atoms with Gasteiger partial charge in [-0.2, -0.15) is 15.3 Å². The van der Waals surface area contributed by atoms with Gasteiger partial charge in [0.2, 0.25) is 11.8 Å². The summed E-state index contributed by atoms with van der Waals surface area (Å²) < 4.78 is 7.13. The fourth-order valence-electron chi connectivity index (χ4n) is 8.13. The number of H-pyrrole nitrogens is 3. The average molecular weight is 1130 g/mol. The van der Waals surface area contributed by atoms with Gasteiger partial charge in [0.15, 0.2) is 16.9 Å². The molecule has 0 saturated carbocycles. The molecule has 6 N–H and O–H groups in total. The van der Waals surface area contributed by atoms with Gasteiger partial charge < -0.3 is 25.3 Å². The lowest BCUT2D eigenvalue weighted by atomic mass is 10.2. The zero-order chi connectivity index (χ0) is 55.9. The van der Waals surface area contributed by atoms with Crippen LogP contribution in [0, 0.1) is 5.92 Å². The number of nitrogens with zero attached hydrogens (tertiary/aromatic N) is 10. The number of aromatic nitrogens is 13. The lowest BCUT2D eigenvalue weighted by molar-refractivity contribution is -0.119. The van der Waals surface area contributed by atoms with Crippen LogP contribution in [0.1, 0.15) is 40.9 Å². The highest BCUT2D eigenvalue weighted by Gasteiger charge is 2.13. The third-order valence-electron chi connectivity index (χ3n) is 12.2. The maximum Gasteiger partial charge on any atom is 0.255 e. The number of benzene rings is 5. The van der Waals surface area contributed by atoms with Gasteiger partial charge in [-0.15, -0.1) is 35.3 Å². The molecule has 0 aliphatic rings. The van der Waals surface area contributed by atoms with Crippen LogP contribution in [0.4, 0.5) is 17.1 Å². The number of hydrogen-bond donors (Lipinski definition) is 6. The predicted octanol–water partition coefficient (Wildman–Crippen LogP) is 11.4. The Morgan fingerprint density at radius 1 is 0.543 bits per heavy atom. The lowest BCUT2D eigenvalue weighted by Gasteiger charge is -2.09. The molecule has 12 rings (SSSR count). The van der Waals surface area contributed by atoms with Crippen LogP contribution in [-0.2, 0) is 33.4 Å². The summed E-state index contributed by atoms with van der Waals surface area (Å²) in [7, 11) is 1.58. The first-order valence-electron chi connectivity index (χ1n) is 25.3. The van der Waals surface area contributed by atoms with Gasteiger partial charge >= 0.3 is 0 Å². The summed E-state index contributed by atoms with van der Waals surface area (Å²) in [5.74, 6) is 2.57. The second-order valence-corrected chi connectivity index (χ2v) is 21.2. The maximum absolute atomic E-state index is 12.6. The molecule has 7 aromatic heterocycles. The van der Waals surface area contributed by atoms with Crippen molar-refractivity contribution in [1.29, 1.82) is 0 Å². The number of hydrogen-bond acceptors (Lipinski definition) is 16. The molecule has 0 spiro atoms. The Morgan fingerprint density at radius 2 is 1.02 bits per heavy atom. The van der Waals surface area contributed by atoms with E-state index >= 15 is 0 Å². The molecule has 3 amide bonds. The third kappa shape index (κ3) is 14.4. The lowest BCUT2D eigenvalue weighted by Crippen LogP contribution is -2.18. The Morgan fingerprint density at radius 3 is 1.53 bits per heavy atom. The molecule has 0 saturated heterocycles. The van der Waals surface area contributed by atoms with Gasteiger partial charge in [-0.1, -0.05) is 74.5 Å². The van der Waals surface area contributed by atoms with Gasteiger partial charge in [0.25, 0.3) is 5.91 Å². The van der Waals surface area contributed by atoms with E-state index in [0.717, 1.165) is 104 Å². The van der Waals surface area contributed by atoms with E-state index < -0.39 is 0 Å². The van der Waals surface area contributed by atoms with Crippen molar-refractivity contribution in [2.24, 2.45) is 5.92 Å². The zero-order valence-corrected chi connectivity index (χ0v) is 46.4. The highest BCUT2D eigenvalue weighted by atomic mass is 32.2. The van der Waals surface area contributed by atoms with E-state index in [1.165, 1.54) is 19.0 Å². The molecular formula is C58H52N16O4S3. The Balaban J connectivity index is 0.000000138. The molecule has 0 atom stereocenters. The molecule has 7 heterocycles. The Kier molecular flexibility index (Phi) is 17.9. The van der Waals surface area contributed by atoms with Crippen molar-refractivity contribution < 1.29 is 19.1 Å². The Labute approximate surface area is 476 Å². The molecule has 0 aliphatic carbocycles. The second kappa shape index (κ2) is 26.5. The summed E-state index contributed by atoms with van der Waals surface area (Å²) in [6.07, 6.45) is 11.7. The molecule has 0 bridgehead atoms. The van der Waals surface area contributed by atoms with Crippen molar-refractivity contribution >= 4 is 114 Å². The third-order valence-corrected chi connectivity index (χ3v) is 15.4. The van der Waals surface area contributed by atoms with Gasteiger partial charge in [-0.05, 0) is 88.8 Å². The fourth-order valence-corrected chi connectivity index (χ4v) is 10.9. The minimum absolute atomic E-state index is 0.0192. The van der Waals surface area contributed by atoms with Crippen LogP contribution >= 0.6 is 35.3 Å². The summed E-state index contributed by atoms with van der Waals surface area (Å²) in [5.41, 5.74) is 9.40. The standard InChI is InChI=1S/C22H18N6OS.C20H17N5O2S.C16H17N5OS/c29-20(12-28-9-8-16-5-1-2-7-19(16)28)26-17-6-3-4-15(10-17)13-30-22-18-11-25-27-21(18)23-14-24-22;1-27-16-7-3-5-14(9-16)19(26)24-15-6-2-4-13(8-15)11-28-20-17-10-23-25-18(17)21-12-22-20;1-10(2)15(22)20-12-5-3-4-11(6-12)8-23-16-13-7-19-21-14(13)17-9-18-16/h1-11,14H,12-13H2,(H,26,29)(H,23,24,25,27);2-10,12H,11H2,1H3,(H,24,26)(H,21,22,23,25);3-7,9-10H,8H2,1-2H3,(H,20,22)(H,17,18,19,21). The monoisotopic (exact) mass is 1130 g/mol. The Hall–Kier alpha value is -9.45. The first kappa shape index (κ1) is 54.9. The van der Waals surface area contributed by atoms with Gasteiger partial charge in [0, 0.05) is 57.5 Å². The number of anilines is 3. The molecule has 406 valence electrons. The van der Waals surface area contributed by atoms with Crippen LogP contribution in [-0.4, -0.2) is 89.9 Å². The zero-order valence-electron chi connectivity index (χ0n) is 43.9. The van der Waals surface area contributed by atoms with Crippen molar-refractivity contribution in [2.75, 3.05) is 23.1 Å². The fraction of sp³-hybridized carbons (Fsp3) is 0.138. The minimum atomic E-state index is -0.181. The SMILES string of the molecule is CC(C)C(=O)Nc1cccc(CSc2ncnc3[nH]ncc23)c1.COc1cccc(C(=O)Nc2cccc(CSc3ncnc4[nH]ncc34)c2)c1.O=C(Cn1ccc2ccccc21)Nc1cccc(CSc2ncnc3[nH]ncc23)c1. The van der Waals surface area contributed by atoms with E-state index in [1.807, 2.05) is 128 Å². The first-order valence-corrected chi connectivity index (χ1v) is 28.3.